The van der Waals surface area contributed by atoms with Crippen molar-refractivity contribution in [1.82, 2.24) is 9.78 Å². The standard InChI is InChI=1S/C20H15ClN4O3/c1-2-24-11-12(10-22-24)18(26)23-13-7-8-17(16(21)9-13)25-19(27)14-5-3-4-6-15(14)20(25)28/h3-11H,2H2,1H3,(H,23,26). The summed E-state index contributed by atoms with van der Waals surface area (Å²) in [6.07, 6.45) is 3.12. The molecule has 8 heteroatoms. The van der Waals surface area contributed by atoms with Crippen LogP contribution in [0, 0.1) is 0 Å². The number of anilines is 2. The molecule has 1 aliphatic rings. The number of carbonyl (C=O) groups excluding carboxylic acids is 3. The molecule has 1 aliphatic heterocycles. The molecular formula is C20H15ClN4O3. The SMILES string of the molecule is CCn1cc(C(=O)Nc2ccc(N3C(=O)c4ccccc4C3=O)c(Cl)c2)cn1. The fraction of sp³-hybridized carbons (Fsp3) is 0.100. The summed E-state index contributed by atoms with van der Waals surface area (Å²) in [5.41, 5.74) is 1.81. The molecule has 1 aromatic heterocycles. The number of nitrogens with one attached hydrogen (secondary N) is 1. The van der Waals surface area contributed by atoms with Gasteiger partial charge >= 0.3 is 0 Å². The third-order valence-electron chi connectivity index (χ3n) is 4.46. The second kappa shape index (κ2) is 6.94. The Bertz CT molecular complexity index is 1090. The van der Waals surface area contributed by atoms with Gasteiger partial charge in [0.05, 0.1) is 33.6 Å². The van der Waals surface area contributed by atoms with E-state index in [1.807, 2.05) is 6.92 Å². The smallest absolute Gasteiger partial charge is 0.266 e. The highest BCUT2D eigenvalue weighted by atomic mass is 35.5. The van der Waals surface area contributed by atoms with Crippen molar-refractivity contribution >= 4 is 40.7 Å². The summed E-state index contributed by atoms with van der Waals surface area (Å²) in [4.78, 5) is 38.6. The number of aryl methyl sites for hydroxylation is 1. The van der Waals surface area contributed by atoms with Crippen LogP contribution in [0.2, 0.25) is 5.02 Å². The number of fused-ring (bicyclic) bond motifs is 1. The molecule has 0 unspecified atom stereocenters. The molecule has 0 spiro atoms. The summed E-state index contributed by atoms with van der Waals surface area (Å²) in [5, 5.41) is 6.97. The predicted molar refractivity (Wildman–Crippen MR) is 105 cm³/mol. The van der Waals surface area contributed by atoms with Crippen LogP contribution >= 0.6 is 11.6 Å². The molecule has 4 rings (SSSR count). The highest BCUT2D eigenvalue weighted by molar-refractivity contribution is 6.40. The predicted octanol–water partition coefficient (Wildman–Crippen LogP) is 3.61. The van der Waals surface area contributed by atoms with Crippen LogP contribution in [-0.2, 0) is 6.54 Å². The monoisotopic (exact) mass is 394 g/mol. The van der Waals surface area contributed by atoms with Crippen molar-refractivity contribution in [3.63, 3.8) is 0 Å². The van der Waals surface area contributed by atoms with E-state index >= 15 is 0 Å². The second-order valence-electron chi connectivity index (χ2n) is 6.20. The van der Waals surface area contributed by atoms with E-state index in [0.717, 1.165) is 4.90 Å². The van der Waals surface area contributed by atoms with E-state index in [1.165, 1.54) is 18.3 Å². The van der Waals surface area contributed by atoms with Gasteiger partial charge in [0.1, 0.15) is 0 Å². The zero-order chi connectivity index (χ0) is 19.8. The summed E-state index contributed by atoms with van der Waals surface area (Å²) in [6, 6.07) is 11.2. The first-order valence-corrected chi connectivity index (χ1v) is 8.98. The van der Waals surface area contributed by atoms with Gasteiger partial charge < -0.3 is 5.32 Å². The number of imide groups is 1. The van der Waals surface area contributed by atoms with Crippen LogP contribution < -0.4 is 10.2 Å². The van der Waals surface area contributed by atoms with Gasteiger partial charge in [-0.1, -0.05) is 23.7 Å². The molecule has 1 N–H and O–H groups in total. The van der Waals surface area contributed by atoms with Crippen LogP contribution in [-0.4, -0.2) is 27.5 Å². The quantitative estimate of drug-likeness (QED) is 0.685. The second-order valence-corrected chi connectivity index (χ2v) is 6.60. The normalized spacial score (nSPS) is 13.0. The average molecular weight is 395 g/mol. The molecule has 2 aromatic carbocycles. The maximum Gasteiger partial charge on any atom is 0.266 e. The number of hydrogen-bond donors (Lipinski definition) is 1. The Hall–Kier alpha value is -3.45. The van der Waals surface area contributed by atoms with E-state index in [9.17, 15) is 14.4 Å². The lowest BCUT2D eigenvalue weighted by atomic mass is 10.1. The van der Waals surface area contributed by atoms with Gasteiger partial charge in [0.25, 0.3) is 17.7 Å². The molecule has 140 valence electrons. The van der Waals surface area contributed by atoms with Crippen LogP contribution in [0.1, 0.15) is 38.0 Å². The van der Waals surface area contributed by atoms with Gasteiger partial charge in [0.15, 0.2) is 0 Å². The van der Waals surface area contributed by atoms with Gasteiger partial charge in [0.2, 0.25) is 0 Å². The van der Waals surface area contributed by atoms with E-state index in [1.54, 1.807) is 41.2 Å². The van der Waals surface area contributed by atoms with Gasteiger partial charge in [-0.05, 0) is 37.3 Å². The van der Waals surface area contributed by atoms with Gasteiger partial charge in [-0.3, -0.25) is 19.1 Å². The Labute approximate surface area is 165 Å². The number of amides is 3. The number of halogens is 1. The lowest BCUT2D eigenvalue weighted by Gasteiger charge is -2.16. The average Bonchev–Trinajstić information content (AvgIpc) is 3.27. The minimum atomic E-state index is -0.425. The van der Waals surface area contributed by atoms with Crippen molar-refractivity contribution in [2.45, 2.75) is 13.5 Å². The molecule has 0 saturated carbocycles. The van der Waals surface area contributed by atoms with Crippen molar-refractivity contribution in [2.75, 3.05) is 10.2 Å². The van der Waals surface area contributed by atoms with Crippen LogP contribution in [0.5, 0.6) is 0 Å². The van der Waals surface area contributed by atoms with Crippen molar-refractivity contribution in [3.8, 4) is 0 Å². The highest BCUT2D eigenvalue weighted by Crippen LogP contribution is 2.34. The Balaban J connectivity index is 1.58. The van der Waals surface area contributed by atoms with Crippen LogP contribution in [0.3, 0.4) is 0 Å². The summed E-state index contributed by atoms with van der Waals surface area (Å²) in [7, 11) is 0. The first-order valence-electron chi connectivity index (χ1n) is 8.60. The third kappa shape index (κ3) is 2.95. The zero-order valence-electron chi connectivity index (χ0n) is 14.8. The van der Waals surface area contributed by atoms with E-state index in [0.29, 0.717) is 28.9 Å². The molecule has 0 aliphatic carbocycles. The number of carbonyl (C=O) groups is 3. The Morgan fingerprint density at radius 2 is 1.79 bits per heavy atom. The lowest BCUT2D eigenvalue weighted by molar-refractivity contribution is 0.0924. The molecule has 0 bridgehead atoms. The van der Waals surface area contributed by atoms with Crippen LogP contribution in [0.15, 0.2) is 54.9 Å². The molecule has 28 heavy (non-hydrogen) atoms. The molecule has 0 saturated heterocycles. The summed E-state index contributed by atoms with van der Waals surface area (Å²) < 4.78 is 1.65. The molecule has 2 heterocycles. The minimum Gasteiger partial charge on any atom is -0.322 e. The van der Waals surface area contributed by atoms with Gasteiger partial charge in [0, 0.05) is 18.4 Å². The summed E-state index contributed by atoms with van der Waals surface area (Å²) in [6.45, 7) is 2.58. The third-order valence-corrected chi connectivity index (χ3v) is 4.76. The summed E-state index contributed by atoms with van der Waals surface area (Å²) in [5.74, 6) is -1.18. The van der Waals surface area contributed by atoms with Crippen molar-refractivity contribution < 1.29 is 14.4 Å². The summed E-state index contributed by atoms with van der Waals surface area (Å²) >= 11 is 6.33. The maximum atomic E-state index is 12.6. The van der Waals surface area contributed by atoms with Crippen molar-refractivity contribution in [1.29, 1.82) is 0 Å². The molecule has 7 nitrogen and oxygen atoms in total. The Morgan fingerprint density at radius 3 is 2.36 bits per heavy atom. The minimum absolute atomic E-state index is 0.177. The van der Waals surface area contributed by atoms with Crippen molar-refractivity contribution in [3.05, 3.63) is 76.6 Å². The van der Waals surface area contributed by atoms with E-state index in [4.69, 9.17) is 11.6 Å². The Morgan fingerprint density at radius 1 is 1.11 bits per heavy atom. The molecule has 0 fully saturated rings. The van der Waals surface area contributed by atoms with Crippen LogP contribution in [0.4, 0.5) is 11.4 Å². The fourth-order valence-corrected chi connectivity index (χ4v) is 3.30. The molecular weight excluding hydrogens is 380 g/mol. The zero-order valence-corrected chi connectivity index (χ0v) is 15.6. The van der Waals surface area contributed by atoms with Crippen LogP contribution in [0.25, 0.3) is 0 Å². The van der Waals surface area contributed by atoms with E-state index < -0.39 is 11.8 Å². The number of nitrogens with zero attached hydrogens (tertiary/aromatic N) is 3. The number of rotatable bonds is 4. The topological polar surface area (TPSA) is 84.3 Å². The van der Waals surface area contributed by atoms with Gasteiger partial charge in [-0.15, -0.1) is 0 Å². The van der Waals surface area contributed by atoms with Crippen molar-refractivity contribution in [2.24, 2.45) is 0 Å². The van der Waals surface area contributed by atoms with Gasteiger partial charge in [-0.25, -0.2) is 4.90 Å². The number of hydrogen-bond acceptors (Lipinski definition) is 4. The largest absolute Gasteiger partial charge is 0.322 e. The lowest BCUT2D eigenvalue weighted by Crippen LogP contribution is -2.29. The maximum absolute atomic E-state index is 12.6. The number of aromatic nitrogens is 2. The highest BCUT2D eigenvalue weighted by Gasteiger charge is 2.37. The molecule has 0 atom stereocenters. The molecule has 0 radical (unpaired) electrons. The first kappa shape index (κ1) is 17.9. The van der Waals surface area contributed by atoms with E-state index in [-0.39, 0.29) is 16.6 Å². The van der Waals surface area contributed by atoms with Gasteiger partial charge in [-0.2, -0.15) is 5.10 Å². The molecule has 3 aromatic rings. The Kier molecular flexibility index (Phi) is 4.44. The first-order chi connectivity index (χ1) is 13.5. The fourth-order valence-electron chi connectivity index (χ4n) is 3.03. The number of benzene rings is 2. The molecule has 3 amide bonds. The van der Waals surface area contributed by atoms with E-state index in [2.05, 4.69) is 10.4 Å².